The van der Waals surface area contributed by atoms with Crippen LogP contribution < -0.4 is 0 Å². The molecule has 0 aliphatic heterocycles. The molecule has 1 aromatic carbocycles. The molecule has 3 rings (SSSR count). The first-order valence-electron chi connectivity index (χ1n) is 6.44. The SMILES string of the molecule is C(=Nn1cnnc1SCc1ccccc1)c1ccccn1. The minimum atomic E-state index is 0.756. The third-order valence-electron chi connectivity index (χ3n) is 2.71. The van der Waals surface area contributed by atoms with Crippen LogP contribution in [0.15, 0.2) is 71.3 Å². The van der Waals surface area contributed by atoms with Crippen LogP contribution in [0.4, 0.5) is 0 Å². The first kappa shape index (κ1) is 13.5. The van der Waals surface area contributed by atoms with Crippen LogP contribution in [0.5, 0.6) is 0 Å². The van der Waals surface area contributed by atoms with Crippen molar-refractivity contribution in [3.05, 3.63) is 72.3 Å². The lowest BCUT2D eigenvalue weighted by Gasteiger charge is -2.00. The van der Waals surface area contributed by atoms with Gasteiger partial charge in [0.05, 0.1) is 11.9 Å². The Kier molecular flexibility index (Phi) is 4.38. The molecule has 0 fully saturated rings. The van der Waals surface area contributed by atoms with Gasteiger partial charge < -0.3 is 0 Å². The van der Waals surface area contributed by atoms with Gasteiger partial charge >= 0.3 is 0 Å². The number of hydrogen-bond donors (Lipinski definition) is 0. The Bertz CT molecular complexity index is 709. The van der Waals surface area contributed by atoms with E-state index in [9.17, 15) is 0 Å². The highest BCUT2D eigenvalue weighted by Crippen LogP contribution is 2.20. The van der Waals surface area contributed by atoms with Gasteiger partial charge in [0.15, 0.2) is 0 Å². The molecule has 0 aliphatic carbocycles. The van der Waals surface area contributed by atoms with Gasteiger partial charge in [0, 0.05) is 11.9 Å². The monoisotopic (exact) mass is 295 g/mol. The molecule has 0 amide bonds. The van der Waals surface area contributed by atoms with Gasteiger partial charge in [0.25, 0.3) is 0 Å². The molecule has 6 heteroatoms. The van der Waals surface area contributed by atoms with Gasteiger partial charge in [-0.3, -0.25) is 4.98 Å². The smallest absolute Gasteiger partial charge is 0.212 e. The van der Waals surface area contributed by atoms with E-state index >= 15 is 0 Å². The van der Waals surface area contributed by atoms with Crippen LogP contribution in [0, 0.1) is 0 Å². The zero-order valence-electron chi connectivity index (χ0n) is 11.2. The fourth-order valence-electron chi connectivity index (χ4n) is 1.69. The highest BCUT2D eigenvalue weighted by Gasteiger charge is 2.04. The molecule has 21 heavy (non-hydrogen) atoms. The fourth-order valence-corrected chi connectivity index (χ4v) is 2.51. The summed E-state index contributed by atoms with van der Waals surface area (Å²) in [5.74, 6) is 0.832. The van der Waals surface area contributed by atoms with Crippen molar-refractivity contribution in [3.8, 4) is 0 Å². The lowest BCUT2D eigenvalue weighted by atomic mass is 10.2. The maximum atomic E-state index is 4.33. The van der Waals surface area contributed by atoms with Gasteiger partial charge in [0.1, 0.15) is 6.33 Å². The molecule has 0 atom stereocenters. The Hall–Kier alpha value is -2.47. The third-order valence-corrected chi connectivity index (χ3v) is 3.72. The molecular formula is C15H13N5S. The van der Waals surface area contributed by atoms with Crippen molar-refractivity contribution in [2.45, 2.75) is 10.9 Å². The topological polar surface area (TPSA) is 56.0 Å². The number of nitrogens with zero attached hydrogens (tertiary/aromatic N) is 5. The number of aromatic nitrogens is 4. The van der Waals surface area contributed by atoms with E-state index in [1.54, 1.807) is 35.2 Å². The zero-order chi connectivity index (χ0) is 14.3. The lowest BCUT2D eigenvalue weighted by Crippen LogP contribution is -1.93. The van der Waals surface area contributed by atoms with Crippen LogP contribution in [-0.2, 0) is 5.75 Å². The summed E-state index contributed by atoms with van der Waals surface area (Å²) >= 11 is 1.60. The number of thioether (sulfide) groups is 1. The van der Waals surface area contributed by atoms with Crippen molar-refractivity contribution in [1.29, 1.82) is 0 Å². The van der Waals surface area contributed by atoms with E-state index in [1.807, 2.05) is 36.4 Å². The highest BCUT2D eigenvalue weighted by molar-refractivity contribution is 7.98. The molecule has 0 radical (unpaired) electrons. The second kappa shape index (κ2) is 6.81. The van der Waals surface area contributed by atoms with E-state index in [-0.39, 0.29) is 0 Å². The predicted molar refractivity (Wildman–Crippen MR) is 83.3 cm³/mol. The summed E-state index contributed by atoms with van der Waals surface area (Å²) in [6.45, 7) is 0. The quantitative estimate of drug-likeness (QED) is 0.536. The Morgan fingerprint density at radius 1 is 1.10 bits per heavy atom. The Morgan fingerprint density at radius 2 is 1.95 bits per heavy atom. The van der Waals surface area contributed by atoms with Crippen molar-refractivity contribution in [1.82, 2.24) is 19.9 Å². The van der Waals surface area contributed by atoms with Crippen molar-refractivity contribution < 1.29 is 0 Å². The number of pyridine rings is 1. The number of rotatable bonds is 5. The van der Waals surface area contributed by atoms with Crippen molar-refractivity contribution in [2.24, 2.45) is 5.10 Å². The highest BCUT2D eigenvalue weighted by atomic mass is 32.2. The van der Waals surface area contributed by atoms with E-state index in [2.05, 4.69) is 32.4 Å². The molecule has 0 unspecified atom stereocenters. The Labute approximate surface area is 126 Å². The second-order valence-electron chi connectivity index (χ2n) is 4.23. The van der Waals surface area contributed by atoms with Gasteiger partial charge in [-0.15, -0.1) is 10.2 Å². The number of benzene rings is 1. The summed E-state index contributed by atoms with van der Waals surface area (Å²) in [7, 11) is 0. The van der Waals surface area contributed by atoms with E-state index in [0.717, 1.165) is 16.6 Å². The van der Waals surface area contributed by atoms with Crippen LogP contribution in [-0.4, -0.2) is 26.1 Å². The van der Waals surface area contributed by atoms with Crippen LogP contribution >= 0.6 is 11.8 Å². The van der Waals surface area contributed by atoms with Gasteiger partial charge in [-0.05, 0) is 17.7 Å². The normalized spacial score (nSPS) is 11.0. The number of hydrogen-bond acceptors (Lipinski definition) is 5. The zero-order valence-corrected chi connectivity index (χ0v) is 12.0. The summed E-state index contributed by atoms with van der Waals surface area (Å²) in [5.41, 5.74) is 2.04. The maximum absolute atomic E-state index is 4.33. The molecule has 5 nitrogen and oxygen atoms in total. The molecule has 0 spiro atoms. The average molecular weight is 295 g/mol. The molecule has 3 aromatic rings. The minimum absolute atomic E-state index is 0.756. The van der Waals surface area contributed by atoms with Crippen molar-refractivity contribution in [3.63, 3.8) is 0 Å². The minimum Gasteiger partial charge on any atom is -0.255 e. The molecule has 0 bridgehead atoms. The van der Waals surface area contributed by atoms with Gasteiger partial charge in [-0.25, -0.2) is 0 Å². The molecule has 2 heterocycles. The molecular weight excluding hydrogens is 282 g/mol. The van der Waals surface area contributed by atoms with Crippen molar-refractivity contribution >= 4 is 18.0 Å². The average Bonchev–Trinajstić information content (AvgIpc) is 3.00. The lowest BCUT2D eigenvalue weighted by molar-refractivity contribution is 0.766. The van der Waals surface area contributed by atoms with Gasteiger partial charge in [-0.1, -0.05) is 48.2 Å². The molecule has 104 valence electrons. The third kappa shape index (κ3) is 3.76. The first-order valence-corrected chi connectivity index (χ1v) is 7.42. The van der Waals surface area contributed by atoms with E-state index < -0.39 is 0 Å². The first-order chi connectivity index (χ1) is 10.4. The Morgan fingerprint density at radius 3 is 2.76 bits per heavy atom. The fraction of sp³-hybridized carbons (Fsp3) is 0.0667. The van der Waals surface area contributed by atoms with Gasteiger partial charge in [-0.2, -0.15) is 9.78 Å². The standard InChI is InChI=1S/C15H13N5S/c1-2-6-13(7-3-1)11-21-15-19-17-12-20(15)18-10-14-8-4-5-9-16-14/h1-10,12H,11H2. The van der Waals surface area contributed by atoms with Crippen LogP contribution in [0.1, 0.15) is 11.3 Å². The summed E-state index contributed by atoms with van der Waals surface area (Å²) < 4.78 is 1.66. The molecule has 0 N–H and O–H groups in total. The van der Waals surface area contributed by atoms with Gasteiger partial charge in [0.2, 0.25) is 5.16 Å². The van der Waals surface area contributed by atoms with E-state index in [0.29, 0.717) is 0 Å². The molecule has 0 aliphatic rings. The van der Waals surface area contributed by atoms with E-state index in [4.69, 9.17) is 0 Å². The Balaban J connectivity index is 1.68. The molecule has 0 saturated heterocycles. The molecule has 2 aromatic heterocycles. The summed E-state index contributed by atoms with van der Waals surface area (Å²) in [5, 5.41) is 13.1. The van der Waals surface area contributed by atoms with Crippen LogP contribution in [0.2, 0.25) is 0 Å². The summed E-state index contributed by atoms with van der Waals surface area (Å²) in [6.07, 6.45) is 5.02. The largest absolute Gasteiger partial charge is 0.255 e. The van der Waals surface area contributed by atoms with E-state index in [1.165, 1.54) is 5.56 Å². The van der Waals surface area contributed by atoms with Crippen LogP contribution in [0.3, 0.4) is 0 Å². The second-order valence-corrected chi connectivity index (χ2v) is 5.17. The maximum Gasteiger partial charge on any atom is 0.212 e. The van der Waals surface area contributed by atoms with Crippen molar-refractivity contribution in [2.75, 3.05) is 0 Å². The predicted octanol–water partition coefficient (Wildman–Crippen LogP) is 2.85. The summed E-state index contributed by atoms with van der Waals surface area (Å²) in [4.78, 5) is 4.19. The summed E-state index contributed by atoms with van der Waals surface area (Å²) in [6, 6.07) is 15.9. The van der Waals surface area contributed by atoms with Crippen LogP contribution in [0.25, 0.3) is 0 Å². The molecule has 0 saturated carbocycles.